The van der Waals surface area contributed by atoms with Crippen molar-refractivity contribution >= 4 is 23.2 Å². The molecule has 1 atom stereocenters. The Morgan fingerprint density at radius 1 is 1.57 bits per heavy atom. The van der Waals surface area contributed by atoms with E-state index in [1.54, 1.807) is 0 Å². The Bertz CT molecular complexity index is 34.1. The summed E-state index contributed by atoms with van der Waals surface area (Å²) in [7, 11) is 0. The van der Waals surface area contributed by atoms with Crippen molar-refractivity contribution in [2.24, 2.45) is 0 Å². The van der Waals surface area contributed by atoms with Crippen LogP contribution in [0.3, 0.4) is 0 Å². The second-order valence-corrected chi connectivity index (χ2v) is 1.79. The molecule has 0 rings (SSSR count). The molecule has 0 fully saturated rings. The van der Waals surface area contributed by atoms with Crippen LogP contribution < -0.4 is 0 Å². The molecule has 1 unspecified atom stereocenters. The van der Waals surface area contributed by atoms with Gasteiger partial charge >= 0.3 is 0 Å². The van der Waals surface area contributed by atoms with Crippen LogP contribution in [-0.2, 0) is 21.7 Å². The molecule has 4 heteroatoms. The zero-order chi connectivity index (χ0) is 4.99. The third-order valence-electron chi connectivity index (χ3n) is 0.347. The molecule has 0 aliphatic carbocycles. The molecule has 0 aromatic rings. The van der Waals surface area contributed by atoms with Gasteiger partial charge in [-0.15, -0.1) is 11.6 Å². The number of halogens is 2. The minimum Gasteiger partial charge on any atom is -0.378 e. The van der Waals surface area contributed by atoms with Crippen LogP contribution in [0.5, 0.6) is 0 Å². The molecule has 0 radical (unpaired) electrons. The Hall–Kier alpha value is 1.25. The van der Waals surface area contributed by atoms with Crippen LogP contribution in [0.4, 0.5) is 0 Å². The Kier molecular flexibility index (Phi) is 11.5. The maximum Gasteiger partial charge on any atom is 0.129 e. The van der Waals surface area contributed by atoms with Gasteiger partial charge in [0.25, 0.3) is 0 Å². The molecule has 0 aliphatic rings. The quantitative estimate of drug-likeness (QED) is 0.495. The van der Waals surface area contributed by atoms with E-state index in [-0.39, 0.29) is 21.7 Å². The van der Waals surface area contributed by atoms with Gasteiger partial charge in [-0.3, -0.25) is 0 Å². The van der Waals surface area contributed by atoms with E-state index < -0.39 is 5.56 Å². The van der Waals surface area contributed by atoms with E-state index in [9.17, 15) is 0 Å². The normalized spacial score (nSPS) is 12.4. The maximum atomic E-state index is 8.23. The minimum absolute atomic E-state index is 0. The third-order valence-corrected chi connectivity index (χ3v) is 0.784. The summed E-state index contributed by atoms with van der Waals surface area (Å²) < 4.78 is 0. The maximum absolute atomic E-state index is 8.23. The monoisotopic (exact) mass is 176 g/mol. The first-order valence-electron chi connectivity index (χ1n) is 1.65. The van der Waals surface area contributed by atoms with E-state index in [1.165, 1.54) is 0 Å². The largest absolute Gasteiger partial charge is 0.378 e. The fraction of sp³-hybridized carbons (Fsp3) is 1.00. The number of rotatable bonds is 2. The van der Waals surface area contributed by atoms with Crippen molar-refractivity contribution in [3.05, 3.63) is 0 Å². The zero-order valence-electron chi connectivity index (χ0n) is 3.69. The Morgan fingerprint density at radius 3 is 2.00 bits per heavy atom. The van der Waals surface area contributed by atoms with Crippen molar-refractivity contribution in [3.8, 4) is 0 Å². The summed E-state index contributed by atoms with van der Waals surface area (Å²) in [5, 5.41) is 8.23. The fourth-order valence-corrected chi connectivity index (χ4v) is 0.518. The molecule has 0 aliphatic heterocycles. The molecule has 0 spiro atoms. The first-order valence-corrected chi connectivity index (χ1v) is 2.62. The van der Waals surface area contributed by atoms with Crippen LogP contribution in [0.2, 0.25) is 0 Å². The number of aliphatic hydroxyl groups is 1. The number of alkyl halides is 2. The van der Waals surface area contributed by atoms with Crippen molar-refractivity contribution in [2.75, 3.05) is 5.88 Å². The average molecular weight is 177 g/mol. The van der Waals surface area contributed by atoms with E-state index in [0.717, 1.165) is 0 Å². The van der Waals surface area contributed by atoms with E-state index in [2.05, 4.69) is 0 Å². The van der Waals surface area contributed by atoms with Gasteiger partial charge in [0.15, 0.2) is 0 Å². The third kappa shape index (κ3) is 11.1. The van der Waals surface area contributed by atoms with E-state index in [1.807, 2.05) is 0 Å². The van der Waals surface area contributed by atoms with Gasteiger partial charge in [0.2, 0.25) is 0 Å². The van der Waals surface area contributed by atoms with Crippen LogP contribution >= 0.6 is 23.2 Å². The summed E-state index contributed by atoms with van der Waals surface area (Å²) in [5.41, 5.74) is -0.762. The topological polar surface area (TPSA) is 20.2 Å². The Morgan fingerprint density at radius 2 is 2.00 bits per heavy atom. The fourth-order valence-electron chi connectivity index (χ4n) is 0.0900. The number of aliphatic hydroxyl groups excluding tert-OH is 1. The van der Waals surface area contributed by atoms with Crippen molar-refractivity contribution < 1.29 is 26.8 Å². The molecule has 1 N–H and O–H groups in total. The Balaban J connectivity index is 0. The van der Waals surface area contributed by atoms with E-state index in [0.29, 0.717) is 12.3 Å². The minimum atomic E-state index is -0.762. The molecule has 0 saturated heterocycles. The van der Waals surface area contributed by atoms with Crippen molar-refractivity contribution in [1.29, 1.82) is 0 Å². The second-order valence-electron chi connectivity index (χ2n) is 0.912. The summed E-state index contributed by atoms with van der Waals surface area (Å²) in [5.74, 6) is 0.421. The second kappa shape index (κ2) is 7.25. The molecule has 0 saturated carbocycles. The van der Waals surface area contributed by atoms with Gasteiger partial charge in [-0.25, -0.2) is 0 Å². The summed E-state index contributed by atoms with van der Waals surface area (Å²) in [6.07, 6.45) is 0.461. The van der Waals surface area contributed by atoms with Gasteiger partial charge in [0.1, 0.15) is 5.56 Å². The number of hydrogen-bond donors (Lipinski definition) is 1. The Labute approximate surface area is 67.9 Å². The molecule has 0 bridgehead atoms. The summed E-state index contributed by atoms with van der Waals surface area (Å²) in [6, 6.07) is 0. The van der Waals surface area contributed by atoms with Crippen LogP contribution in [-0.4, -0.2) is 16.5 Å². The molecule has 0 aromatic carbocycles. The SMILES string of the molecule is OC(Cl)CCCl.[Ti]. The molecular formula is C3H6Cl2OTi. The smallest absolute Gasteiger partial charge is 0.129 e. The van der Waals surface area contributed by atoms with Gasteiger partial charge in [-0.05, 0) is 0 Å². The van der Waals surface area contributed by atoms with Gasteiger partial charge in [0.05, 0.1) is 0 Å². The molecule has 42 valence electrons. The van der Waals surface area contributed by atoms with Gasteiger partial charge in [-0.1, -0.05) is 11.6 Å². The van der Waals surface area contributed by atoms with Crippen LogP contribution in [0.25, 0.3) is 0 Å². The average Bonchev–Trinajstić information content (AvgIpc) is 1.35. The van der Waals surface area contributed by atoms with Crippen LogP contribution in [0.15, 0.2) is 0 Å². The molecule has 0 aromatic heterocycles. The molecule has 0 amide bonds. The van der Waals surface area contributed by atoms with Gasteiger partial charge in [0, 0.05) is 34.0 Å². The predicted molar refractivity (Wildman–Crippen MR) is 27.2 cm³/mol. The van der Waals surface area contributed by atoms with Crippen LogP contribution in [0, 0.1) is 0 Å². The number of hydrogen-bond acceptors (Lipinski definition) is 1. The van der Waals surface area contributed by atoms with Crippen molar-refractivity contribution in [1.82, 2.24) is 0 Å². The van der Waals surface area contributed by atoms with Crippen LogP contribution in [0.1, 0.15) is 6.42 Å². The van der Waals surface area contributed by atoms with E-state index in [4.69, 9.17) is 28.3 Å². The van der Waals surface area contributed by atoms with E-state index >= 15 is 0 Å². The molecule has 0 heterocycles. The summed E-state index contributed by atoms with van der Waals surface area (Å²) in [6.45, 7) is 0. The van der Waals surface area contributed by atoms with Crippen molar-refractivity contribution in [2.45, 2.75) is 12.0 Å². The zero-order valence-corrected chi connectivity index (χ0v) is 6.77. The first-order chi connectivity index (χ1) is 2.77. The van der Waals surface area contributed by atoms with Gasteiger partial charge < -0.3 is 5.11 Å². The standard InChI is InChI=1S/C3H6Cl2O.Ti/c4-2-1-3(5)6;/h3,6H,1-2H2;. The molecule has 1 nitrogen and oxygen atoms in total. The van der Waals surface area contributed by atoms with Crippen molar-refractivity contribution in [3.63, 3.8) is 0 Å². The summed E-state index contributed by atoms with van der Waals surface area (Å²) >= 11 is 10.2. The molecule has 7 heavy (non-hydrogen) atoms. The first kappa shape index (κ1) is 11.1. The molecular weight excluding hydrogens is 171 g/mol. The van der Waals surface area contributed by atoms with Gasteiger partial charge in [-0.2, -0.15) is 0 Å². The summed E-state index contributed by atoms with van der Waals surface area (Å²) in [4.78, 5) is 0. The predicted octanol–water partition coefficient (Wildman–Crippen LogP) is 1.17.